The third kappa shape index (κ3) is 4.46. The lowest BCUT2D eigenvalue weighted by Gasteiger charge is -2.04. The third-order valence-electron chi connectivity index (χ3n) is 2.93. The van der Waals surface area contributed by atoms with Gasteiger partial charge < -0.3 is 16.4 Å². The third-order valence-corrected chi connectivity index (χ3v) is 3.96. The number of carbonyl (C=O) groups excluding carboxylic acids is 1. The molecule has 1 heterocycles. The van der Waals surface area contributed by atoms with Crippen LogP contribution in [0.1, 0.15) is 28.6 Å². The number of thiazole rings is 1. The lowest BCUT2D eigenvalue weighted by molar-refractivity contribution is 0.0959. The predicted octanol–water partition coefficient (Wildman–Crippen LogP) is 2.52. The second kappa shape index (κ2) is 7.64. The Morgan fingerprint density at radius 2 is 2.05 bits per heavy atom. The molecule has 6 heteroatoms. The van der Waals surface area contributed by atoms with E-state index >= 15 is 0 Å². The molecule has 0 spiro atoms. The Bertz CT molecular complexity index is 583. The van der Waals surface area contributed by atoms with Crippen LogP contribution in [0.2, 0.25) is 0 Å². The normalized spacial score (nSPS) is 10.3. The van der Waals surface area contributed by atoms with Gasteiger partial charge in [-0.05, 0) is 18.4 Å². The first kappa shape index (κ1) is 15.3. The molecule has 21 heavy (non-hydrogen) atoms. The highest BCUT2D eigenvalue weighted by molar-refractivity contribution is 7.18. The second-order valence-electron chi connectivity index (χ2n) is 4.65. The number of hydrogen-bond donors (Lipinski definition) is 3. The summed E-state index contributed by atoms with van der Waals surface area (Å²) in [6.45, 7) is 3.47. The summed E-state index contributed by atoms with van der Waals surface area (Å²) in [5.74, 6) is 0.126. The topological polar surface area (TPSA) is 80.0 Å². The Hall–Kier alpha value is -2.08. The number of hydrogen-bond acceptors (Lipinski definition) is 5. The van der Waals surface area contributed by atoms with Gasteiger partial charge in [0.25, 0.3) is 5.91 Å². The zero-order valence-electron chi connectivity index (χ0n) is 12.1. The van der Waals surface area contributed by atoms with Gasteiger partial charge in [-0.1, -0.05) is 48.6 Å². The van der Waals surface area contributed by atoms with Crippen molar-refractivity contribution in [3.8, 4) is 0 Å². The van der Waals surface area contributed by atoms with Crippen molar-refractivity contribution in [3.63, 3.8) is 0 Å². The Morgan fingerprint density at radius 3 is 2.76 bits per heavy atom. The number of amides is 1. The number of anilines is 2. The average Bonchev–Trinajstić information content (AvgIpc) is 2.87. The summed E-state index contributed by atoms with van der Waals surface area (Å²) in [6.07, 6.45) is 1.80. The molecule has 0 fully saturated rings. The quantitative estimate of drug-likeness (QED) is 0.734. The summed E-state index contributed by atoms with van der Waals surface area (Å²) in [7, 11) is 0. The van der Waals surface area contributed by atoms with Gasteiger partial charge in [-0.15, -0.1) is 0 Å². The Balaban J connectivity index is 1.87. The molecule has 0 radical (unpaired) electrons. The van der Waals surface area contributed by atoms with Crippen LogP contribution in [0, 0.1) is 0 Å². The second-order valence-corrected chi connectivity index (χ2v) is 5.65. The molecule has 1 aromatic heterocycles. The van der Waals surface area contributed by atoms with Crippen LogP contribution in [-0.2, 0) is 6.42 Å². The zero-order chi connectivity index (χ0) is 15.1. The number of nitrogens with two attached hydrogens (primary N) is 1. The molecule has 0 aliphatic heterocycles. The molecule has 1 amide bonds. The Morgan fingerprint density at radius 1 is 1.29 bits per heavy atom. The van der Waals surface area contributed by atoms with Crippen molar-refractivity contribution in [2.75, 3.05) is 24.1 Å². The van der Waals surface area contributed by atoms with Crippen molar-refractivity contribution in [1.29, 1.82) is 0 Å². The number of benzene rings is 1. The van der Waals surface area contributed by atoms with Crippen molar-refractivity contribution in [2.24, 2.45) is 0 Å². The molecule has 0 saturated heterocycles. The zero-order valence-corrected chi connectivity index (χ0v) is 12.9. The Labute approximate surface area is 128 Å². The molecule has 4 N–H and O–H groups in total. The van der Waals surface area contributed by atoms with E-state index < -0.39 is 0 Å². The number of nitrogens with zero attached hydrogens (tertiary/aromatic N) is 1. The average molecular weight is 304 g/mol. The van der Waals surface area contributed by atoms with Gasteiger partial charge in [-0.25, -0.2) is 4.98 Å². The van der Waals surface area contributed by atoms with Crippen LogP contribution in [0.3, 0.4) is 0 Å². The highest BCUT2D eigenvalue weighted by Crippen LogP contribution is 2.24. The maximum absolute atomic E-state index is 12.1. The summed E-state index contributed by atoms with van der Waals surface area (Å²) >= 11 is 1.29. The van der Waals surface area contributed by atoms with E-state index in [9.17, 15) is 4.79 Å². The number of carbonyl (C=O) groups is 1. The van der Waals surface area contributed by atoms with Crippen molar-refractivity contribution in [1.82, 2.24) is 10.3 Å². The standard InChI is InChI=1S/C15H20N4OS/c1-2-9-18-15-19-13(16)12(21-15)14(20)17-10-8-11-6-4-3-5-7-11/h3-7H,2,8-10,16H2,1H3,(H,17,20)(H,18,19). The molecule has 0 unspecified atom stereocenters. The molecular weight excluding hydrogens is 284 g/mol. The molecular formula is C15H20N4OS. The van der Waals surface area contributed by atoms with E-state index in [1.165, 1.54) is 16.9 Å². The van der Waals surface area contributed by atoms with Gasteiger partial charge in [0.05, 0.1) is 0 Å². The van der Waals surface area contributed by atoms with E-state index in [0.717, 1.165) is 19.4 Å². The van der Waals surface area contributed by atoms with Gasteiger partial charge in [0.2, 0.25) is 0 Å². The first-order valence-corrected chi connectivity index (χ1v) is 7.84. The maximum Gasteiger partial charge on any atom is 0.265 e. The number of nitrogens with one attached hydrogen (secondary N) is 2. The van der Waals surface area contributed by atoms with Crippen LogP contribution < -0.4 is 16.4 Å². The van der Waals surface area contributed by atoms with Gasteiger partial charge in [0.15, 0.2) is 5.13 Å². The van der Waals surface area contributed by atoms with Crippen molar-refractivity contribution >= 4 is 28.2 Å². The van der Waals surface area contributed by atoms with Gasteiger partial charge in [0.1, 0.15) is 10.7 Å². The minimum Gasteiger partial charge on any atom is -0.382 e. The predicted molar refractivity (Wildman–Crippen MR) is 87.8 cm³/mol. The highest BCUT2D eigenvalue weighted by atomic mass is 32.1. The number of aromatic nitrogens is 1. The van der Waals surface area contributed by atoms with E-state index in [0.29, 0.717) is 16.6 Å². The summed E-state index contributed by atoms with van der Waals surface area (Å²) in [6, 6.07) is 10.0. The number of rotatable bonds is 7. The summed E-state index contributed by atoms with van der Waals surface area (Å²) < 4.78 is 0. The van der Waals surface area contributed by atoms with Crippen molar-refractivity contribution < 1.29 is 4.79 Å². The maximum atomic E-state index is 12.1. The lowest BCUT2D eigenvalue weighted by atomic mass is 10.1. The van der Waals surface area contributed by atoms with Gasteiger partial charge in [-0.2, -0.15) is 0 Å². The van der Waals surface area contributed by atoms with Gasteiger partial charge >= 0.3 is 0 Å². The smallest absolute Gasteiger partial charge is 0.265 e. The van der Waals surface area contributed by atoms with Crippen LogP contribution in [0.4, 0.5) is 10.9 Å². The molecule has 0 atom stereocenters. The molecule has 1 aromatic carbocycles. The van der Waals surface area contributed by atoms with Crippen LogP contribution in [-0.4, -0.2) is 24.0 Å². The largest absolute Gasteiger partial charge is 0.382 e. The van der Waals surface area contributed by atoms with E-state index in [4.69, 9.17) is 5.73 Å². The monoisotopic (exact) mass is 304 g/mol. The fourth-order valence-electron chi connectivity index (χ4n) is 1.85. The van der Waals surface area contributed by atoms with E-state index in [1.54, 1.807) is 0 Å². The molecule has 0 aliphatic rings. The molecule has 2 rings (SSSR count). The first-order chi connectivity index (χ1) is 10.2. The fraction of sp³-hybridized carbons (Fsp3) is 0.333. The lowest BCUT2D eigenvalue weighted by Crippen LogP contribution is -2.25. The van der Waals surface area contributed by atoms with Crippen LogP contribution in [0.15, 0.2) is 30.3 Å². The van der Waals surface area contributed by atoms with Crippen LogP contribution in [0.25, 0.3) is 0 Å². The number of nitrogen functional groups attached to an aromatic ring is 1. The van der Waals surface area contributed by atoms with E-state index in [2.05, 4.69) is 22.5 Å². The SMILES string of the molecule is CCCNc1nc(N)c(C(=O)NCCc2ccccc2)s1. The molecule has 2 aromatic rings. The first-order valence-electron chi connectivity index (χ1n) is 7.03. The van der Waals surface area contributed by atoms with Crippen LogP contribution in [0.5, 0.6) is 0 Å². The fourth-order valence-corrected chi connectivity index (χ4v) is 2.67. The summed E-state index contributed by atoms with van der Waals surface area (Å²) in [5.41, 5.74) is 6.99. The minimum atomic E-state index is -0.162. The molecule has 0 bridgehead atoms. The molecule has 112 valence electrons. The van der Waals surface area contributed by atoms with Gasteiger partial charge in [0, 0.05) is 13.1 Å². The molecule has 5 nitrogen and oxygen atoms in total. The molecule has 0 saturated carbocycles. The van der Waals surface area contributed by atoms with Crippen molar-refractivity contribution in [2.45, 2.75) is 19.8 Å². The highest BCUT2D eigenvalue weighted by Gasteiger charge is 2.15. The van der Waals surface area contributed by atoms with E-state index in [-0.39, 0.29) is 11.7 Å². The van der Waals surface area contributed by atoms with Crippen molar-refractivity contribution in [3.05, 3.63) is 40.8 Å². The minimum absolute atomic E-state index is 0.162. The van der Waals surface area contributed by atoms with Crippen LogP contribution >= 0.6 is 11.3 Å². The van der Waals surface area contributed by atoms with Gasteiger partial charge in [-0.3, -0.25) is 4.79 Å². The summed E-state index contributed by atoms with van der Waals surface area (Å²) in [4.78, 5) is 16.7. The van der Waals surface area contributed by atoms with E-state index in [1.807, 2.05) is 30.3 Å². The summed E-state index contributed by atoms with van der Waals surface area (Å²) in [5, 5.41) is 6.72. The Kier molecular flexibility index (Phi) is 5.57. The molecule has 0 aliphatic carbocycles.